The van der Waals surface area contributed by atoms with E-state index in [2.05, 4.69) is 4.98 Å². The number of carboxylic acid groups (broad SMARTS) is 1. The summed E-state index contributed by atoms with van der Waals surface area (Å²) >= 11 is 0. The van der Waals surface area contributed by atoms with Crippen molar-refractivity contribution in [3.8, 4) is 6.07 Å². The molecule has 0 saturated carbocycles. The molecule has 0 aliphatic carbocycles. The molecule has 1 heterocycles. The smallest absolute Gasteiger partial charge is 0.338 e. The number of carbonyl (C=O) groups is 1. The zero-order valence-corrected chi connectivity index (χ0v) is 7.83. The molecule has 1 aromatic rings. The molecule has 0 saturated heterocycles. The van der Waals surface area contributed by atoms with Gasteiger partial charge in [-0.3, -0.25) is 4.98 Å². The van der Waals surface area contributed by atoms with Gasteiger partial charge in [0.15, 0.2) is 11.9 Å². The minimum Gasteiger partial charge on any atom is -0.478 e. The Morgan fingerprint density at radius 2 is 2.19 bits per heavy atom. The van der Waals surface area contributed by atoms with Crippen molar-refractivity contribution in [2.24, 2.45) is 0 Å². The van der Waals surface area contributed by atoms with Gasteiger partial charge in [-0.25, -0.2) is 9.18 Å². The number of nitrogens with zero attached hydrogens (tertiary/aromatic N) is 2. The molecule has 0 aliphatic heterocycles. The summed E-state index contributed by atoms with van der Waals surface area (Å²) in [5.41, 5.74) is -1.36. The van der Waals surface area contributed by atoms with E-state index in [0.717, 1.165) is 12.3 Å². The lowest BCUT2D eigenvalue weighted by Crippen LogP contribution is -2.19. The van der Waals surface area contributed by atoms with Gasteiger partial charge >= 0.3 is 5.97 Å². The van der Waals surface area contributed by atoms with E-state index in [1.807, 2.05) is 0 Å². The van der Waals surface area contributed by atoms with Gasteiger partial charge in [-0.1, -0.05) is 0 Å². The molecule has 0 fully saturated rings. The minimum atomic E-state index is -1.88. The molecular weight excluding hydrogens is 219 g/mol. The van der Waals surface area contributed by atoms with Crippen molar-refractivity contribution < 1.29 is 24.5 Å². The molecule has 6 nitrogen and oxygen atoms in total. The maximum Gasteiger partial charge on any atom is 0.338 e. The fraction of sp³-hybridized carbons (Fsp3) is 0.222. The first-order valence-electron chi connectivity index (χ1n) is 4.12. The van der Waals surface area contributed by atoms with Crippen LogP contribution in [0.1, 0.15) is 22.2 Å². The van der Waals surface area contributed by atoms with E-state index in [-0.39, 0.29) is 0 Å². The van der Waals surface area contributed by atoms with Crippen LogP contribution in [0.25, 0.3) is 0 Å². The minimum absolute atomic E-state index is 0.672. The third-order valence-corrected chi connectivity index (χ3v) is 1.86. The van der Waals surface area contributed by atoms with Crippen LogP contribution in [0.15, 0.2) is 12.3 Å². The van der Waals surface area contributed by atoms with Gasteiger partial charge in [0, 0.05) is 6.20 Å². The maximum atomic E-state index is 13.4. The highest BCUT2D eigenvalue weighted by Gasteiger charge is 2.25. The SMILES string of the molecule is N#CC(O)C(O)c1nccc(C(=O)O)c1F. The second kappa shape index (κ2) is 4.65. The van der Waals surface area contributed by atoms with Crippen molar-refractivity contribution in [2.45, 2.75) is 12.2 Å². The first-order chi connectivity index (χ1) is 7.49. The molecule has 3 N–H and O–H groups in total. The largest absolute Gasteiger partial charge is 0.478 e. The number of rotatable bonds is 3. The van der Waals surface area contributed by atoms with Crippen molar-refractivity contribution in [1.82, 2.24) is 4.98 Å². The summed E-state index contributed by atoms with van der Waals surface area (Å²) in [6.45, 7) is 0. The number of aromatic carboxylic acids is 1. The molecule has 0 amide bonds. The molecule has 16 heavy (non-hydrogen) atoms. The lowest BCUT2D eigenvalue weighted by atomic mass is 10.1. The van der Waals surface area contributed by atoms with Gasteiger partial charge in [-0.2, -0.15) is 5.26 Å². The number of aliphatic hydroxyl groups is 2. The van der Waals surface area contributed by atoms with Crippen LogP contribution in [0.2, 0.25) is 0 Å². The Morgan fingerprint density at radius 3 is 2.69 bits per heavy atom. The van der Waals surface area contributed by atoms with E-state index in [1.165, 1.54) is 6.07 Å². The van der Waals surface area contributed by atoms with Gasteiger partial charge < -0.3 is 15.3 Å². The summed E-state index contributed by atoms with van der Waals surface area (Å²) in [6.07, 6.45) is -2.79. The topological polar surface area (TPSA) is 114 Å². The van der Waals surface area contributed by atoms with Gasteiger partial charge in [-0.15, -0.1) is 0 Å². The highest BCUT2D eigenvalue weighted by atomic mass is 19.1. The Balaban J connectivity index is 3.21. The summed E-state index contributed by atoms with van der Waals surface area (Å²) < 4.78 is 13.4. The summed E-state index contributed by atoms with van der Waals surface area (Å²) in [6, 6.07) is 2.20. The summed E-state index contributed by atoms with van der Waals surface area (Å²) in [5, 5.41) is 35.2. The predicted octanol–water partition coefficient (Wildman–Crippen LogP) is -0.163. The Morgan fingerprint density at radius 1 is 1.56 bits per heavy atom. The van der Waals surface area contributed by atoms with Crippen LogP contribution in [0.3, 0.4) is 0 Å². The molecule has 1 rings (SSSR count). The van der Waals surface area contributed by atoms with E-state index >= 15 is 0 Å². The number of nitriles is 1. The molecule has 0 spiro atoms. The Labute approximate surface area is 89.2 Å². The van der Waals surface area contributed by atoms with Crippen LogP contribution in [-0.2, 0) is 0 Å². The molecule has 7 heteroatoms. The van der Waals surface area contributed by atoms with Gasteiger partial charge in [0.2, 0.25) is 0 Å². The maximum absolute atomic E-state index is 13.4. The summed E-state index contributed by atoms with van der Waals surface area (Å²) in [7, 11) is 0. The van der Waals surface area contributed by atoms with Gasteiger partial charge in [-0.05, 0) is 6.07 Å². The fourth-order valence-corrected chi connectivity index (χ4v) is 1.05. The monoisotopic (exact) mass is 226 g/mol. The number of pyridine rings is 1. The average molecular weight is 226 g/mol. The molecule has 2 atom stereocenters. The van der Waals surface area contributed by atoms with Gasteiger partial charge in [0.05, 0.1) is 11.6 Å². The third kappa shape index (κ3) is 2.13. The van der Waals surface area contributed by atoms with Crippen LogP contribution in [-0.4, -0.2) is 32.4 Å². The molecule has 0 aliphatic rings. The van der Waals surface area contributed by atoms with Crippen molar-refractivity contribution in [2.75, 3.05) is 0 Å². The van der Waals surface area contributed by atoms with E-state index in [4.69, 9.17) is 15.5 Å². The zero-order valence-electron chi connectivity index (χ0n) is 7.83. The number of carboxylic acids is 1. The highest BCUT2D eigenvalue weighted by Crippen LogP contribution is 2.20. The molecule has 84 valence electrons. The molecule has 0 radical (unpaired) electrons. The van der Waals surface area contributed by atoms with Crippen LogP contribution >= 0.6 is 0 Å². The second-order valence-corrected chi connectivity index (χ2v) is 2.88. The number of halogens is 1. The number of aromatic nitrogens is 1. The first kappa shape index (κ1) is 12.0. The standard InChI is InChI=1S/C9H7FN2O4/c10-6-4(9(15)16)1-2-12-7(6)8(14)5(13)3-11/h1-2,5,8,13-14H,(H,15,16). The van der Waals surface area contributed by atoms with Crippen molar-refractivity contribution in [3.05, 3.63) is 29.3 Å². The molecule has 0 bridgehead atoms. The Bertz CT molecular complexity index is 457. The lowest BCUT2D eigenvalue weighted by Gasteiger charge is -2.12. The van der Waals surface area contributed by atoms with Crippen LogP contribution in [0, 0.1) is 17.1 Å². The molecule has 2 unspecified atom stereocenters. The summed E-state index contributed by atoms with van der Waals surface area (Å²) in [4.78, 5) is 13.9. The zero-order chi connectivity index (χ0) is 12.3. The first-order valence-corrected chi connectivity index (χ1v) is 4.12. The molecule has 1 aromatic heterocycles. The highest BCUT2D eigenvalue weighted by molar-refractivity contribution is 5.87. The number of aliphatic hydroxyl groups excluding tert-OH is 2. The average Bonchev–Trinajstić information content (AvgIpc) is 2.27. The number of hydrogen-bond donors (Lipinski definition) is 3. The van der Waals surface area contributed by atoms with Crippen molar-refractivity contribution in [1.29, 1.82) is 5.26 Å². The van der Waals surface area contributed by atoms with E-state index < -0.39 is 35.3 Å². The lowest BCUT2D eigenvalue weighted by molar-refractivity contribution is 0.0466. The quantitative estimate of drug-likeness (QED) is 0.617. The number of hydrogen-bond acceptors (Lipinski definition) is 5. The van der Waals surface area contributed by atoms with Crippen molar-refractivity contribution >= 4 is 5.97 Å². The molecule has 0 aromatic carbocycles. The van der Waals surface area contributed by atoms with Crippen LogP contribution in [0.4, 0.5) is 4.39 Å². The Kier molecular flexibility index (Phi) is 3.50. The predicted molar refractivity (Wildman–Crippen MR) is 47.7 cm³/mol. The molecular formula is C9H7FN2O4. The van der Waals surface area contributed by atoms with Gasteiger partial charge in [0.1, 0.15) is 11.8 Å². The third-order valence-electron chi connectivity index (χ3n) is 1.86. The van der Waals surface area contributed by atoms with E-state index in [1.54, 1.807) is 0 Å². The second-order valence-electron chi connectivity index (χ2n) is 2.88. The summed E-state index contributed by atoms with van der Waals surface area (Å²) in [5.74, 6) is -2.79. The van der Waals surface area contributed by atoms with E-state index in [9.17, 15) is 14.3 Å². The fourth-order valence-electron chi connectivity index (χ4n) is 1.05. The van der Waals surface area contributed by atoms with Crippen LogP contribution < -0.4 is 0 Å². The van der Waals surface area contributed by atoms with Crippen LogP contribution in [0.5, 0.6) is 0 Å². The van der Waals surface area contributed by atoms with Gasteiger partial charge in [0.25, 0.3) is 0 Å². The van der Waals surface area contributed by atoms with Crippen molar-refractivity contribution in [3.63, 3.8) is 0 Å². The normalized spacial score (nSPS) is 13.9. The van der Waals surface area contributed by atoms with E-state index in [0.29, 0.717) is 0 Å². The Hall–Kier alpha value is -2.04.